The number of rotatable bonds is 2. The van der Waals surface area contributed by atoms with E-state index in [9.17, 15) is 9.18 Å². The fourth-order valence-corrected chi connectivity index (χ4v) is 2.61. The summed E-state index contributed by atoms with van der Waals surface area (Å²) in [5.74, 6) is -0.988. The van der Waals surface area contributed by atoms with Gasteiger partial charge in [0.25, 0.3) is 0 Å². The van der Waals surface area contributed by atoms with Gasteiger partial charge in [-0.25, -0.2) is 9.37 Å². The Morgan fingerprint density at radius 1 is 1.47 bits per heavy atom. The molecule has 2 rings (SSSR count). The van der Waals surface area contributed by atoms with Gasteiger partial charge in [0.05, 0.1) is 4.88 Å². The smallest absolute Gasteiger partial charge is 0.225 e. The highest BCUT2D eigenvalue weighted by Gasteiger charge is 2.18. The molecule has 0 aliphatic heterocycles. The third kappa shape index (κ3) is 1.98. The fourth-order valence-electron chi connectivity index (χ4n) is 1.12. The predicted octanol–water partition coefficient (Wildman–Crippen LogP) is 3.28. The molecule has 0 N–H and O–H groups in total. The topological polar surface area (TPSA) is 30.0 Å². The molecule has 5 heteroatoms. The Balaban J connectivity index is 2.46. The standard InChI is InChI=1S/C10H5BrFNOS/c11-6-3-5-15-10(6)9(14)8-7(12)2-1-4-13-8/h1-5H. The number of hydrogen-bond donors (Lipinski definition) is 0. The van der Waals surface area contributed by atoms with E-state index in [2.05, 4.69) is 20.9 Å². The number of aromatic nitrogens is 1. The third-order valence-electron chi connectivity index (χ3n) is 1.80. The van der Waals surface area contributed by atoms with Crippen LogP contribution in [0.1, 0.15) is 15.4 Å². The van der Waals surface area contributed by atoms with Gasteiger partial charge in [0.2, 0.25) is 5.78 Å². The minimum Gasteiger partial charge on any atom is -0.286 e. The van der Waals surface area contributed by atoms with Crippen molar-refractivity contribution in [2.75, 3.05) is 0 Å². The van der Waals surface area contributed by atoms with Crippen LogP contribution in [0.3, 0.4) is 0 Å². The number of carbonyl (C=O) groups is 1. The van der Waals surface area contributed by atoms with E-state index >= 15 is 0 Å². The molecule has 0 bridgehead atoms. The van der Waals surface area contributed by atoms with Crippen LogP contribution in [-0.4, -0.2) is 10.8 Å². The second-order valence-corrected chi connectivity index (χ2v) is 4.53. The number of pyridine rings is 1. The highest BCUT2D eigenvalue weighted by molar-refractivity contribution is 9.10. The lowest BCUT2D eigenvalue weighted by molar-refractivity contribution is 0.103. The van der Waals surface area contributed by atoms with Gasteiger partial charge in [-0.05, 0) is 39.5 Å². The number of hydrogen-bond acceptors (Lipinski definition) is 3. The molecular weight excluding hydrogens is 281 g/mol. The average molecular weight is 286 g/mol. The molecule has 2 nitrogen and oxygen atoms in total. The number of carbonyl (C=O) groups excluding carboxylic acids is 1. The summed E-state index contributed by atoms with van der Waals surface area (Å²) in [6.45, 7) is 0. The summed E-state index contributed by atoms with van der Waals surface area (Å²) in [5, 5.41) is 1.76. The van der Waals surface area contributed by atoms with E-state index < -0.39 is 11.6 Å². The lowest BCUT2D eigenvalue weighted by atomic mass is 10.2. The van der Waals surface area contributed by atoms with E-state index in [0.29, 0.717) is 9.35 Å². The molecule has 0 radical (unpaired) electrons. The van der Waals surface area contributed by atoms with Crippen molar-refractivity contribution < 1.29 is 9.18 Å². The molecule has 0 aliphatic rings. The van der Waals surface area contributed by atoms with Gasteiger partial charge in [0.15, 0.2) is 5.82 Å². The SMILES string of the molecule is O=C(c1ncccc1F)c1sccc1Br. The van der Waals surface area contributed by atoms with E-state index in [4.69, 9.17) is 0 Å². The molecule has 0 aromatic carbocycles. The molecule has 0 fully saturated rings. The molecule has 2 aromatic rings. The summed E-state index contributed by atoms with van der Waals surface area (Å²) in [6.07, 6.45) is 1.40. The van der Waals surface area contributed by atoms with Gasteiger partial charge in [0.1, 0.15) is 5.69 Å². The minimum atomic E-state index is -0.595. The van der Waals surface area contributed by atoms with Crippen molar-refractivity contribution >= 4 is 33.0 Å². The summed E-state index contributed by atoms with van der Waals surface area (Å²) >= 11 is 4.49. The Kier molecular flexibility index (Phi) is 2.93. The lowest BCUT2D eigenvalue weighted by Crippen LogP contribution is -2.05. The third-order valence-corrected chi connectivity index (χ3v) is 3.63. The Morgan fingerprint density at radius 2 is 2.27 bits per heavy atom. The summed E-state index contributed by atoms with van der Waals surface area (Å²) in [7, 11) is 0. The van der Waals surface area contributed by atoms with Crippen LogP contribution >= 0.6 is 27.3 Å². The molecule has 0 unspecified atom stereocenters. The highest BCUT2D eigenvalue weighted by Crippen LogP contribution is 2.25. The van der Waals surface area contributed by atoms with Gasteiger partial charge < -0.3 is 0 Å². The van der Waals surface area contributed by atoms with Crippen molar-refractivity contribution in [1.82, 2.24) is 4.98 Å². The average Bonchev–Trinajstić information content (AvgIpc) is 2.64. The van der Waals surface area contributed by atoms with Crippen LogP contribution in [0.2, 0.25) is 0 Å². The molecule has 0 saturated carbocycles. The van der Waals surface area contributed by atoms with Gasteiger partial charge >= 0.3 is 0 Å². The van der Waals surface area contributed by atoms with E-state index in [-0.39, 0.29) is 5.69 Å². The maximum absolute atomic E-state index is 13.3. The quantitative estimate of drug-likeness (QED) is 0.793. The molecule has 0 spiro atoms. The van der Waals surface area contributed by atoms with Crippen LogP contribution in [0.4, 0.5) is 4.39 Å². The number of ketones is 1. The van der Waals surface area contributed by atoms with Crippen LogP contribution in [0, 0.1) is 5.82 Å². The number of thiophene rings is 1. The van der Waals surface area contributed by atoms with Crippen molar-refractivity contribution in [3.63, 3.8) is 0 Å². The minimum absolute atomic E-state index is 0.138. The fraction of sp³-hybridized carbons (Fsp3) is 0. The van der Waals surface area contributed by atoms with E-state index in [0.717, 1.165) is 0 Å². The zero-order valence-corrected chi connectivity index (χ0v) is 9.81. The van der Waals surface area contributed by atoms with Crippen LogP contribution < -0.4 is 0 Å². The van der Waals surface area contributed by atoms with Gasteiger partial charge in [-0.2, -0.15) is 0 Å². The molecule has 2 heterocycles. The normalized spacial score (nSPS) is 10.3. The Morgan fingerprint density at radius 3 is 2.87 bits per heavy atom. The summed E-state index contributed by atoms with van der Waals surface area (Å²) in [4.78, 5) is 16.0. The maximum Gasteiger partial charge on any atom is 0.225 e. The van der Waals surface area contributed by atoms with Crippen LogP contribution in [0.15, 0.2) is 34.2 Å². The Hall–Kier alpha value is -1.07. The first-order valence-electron chi connectivity index (χ1n) is 4.08. The van der Waals surface area contributed by atoms with Gasteiger partial charge in [0, 0.05) is 10.7 Å². The predicted molar refractivity (Wildman–Crippen MR) is 59.6 cm³/mol. The lowest BCUT2D eigenvalue weighted by Gasteiger charge is -1.99. The van der Waals surface area contributed by atoms with Crippen molar-refractivity contribution in [1.29, 1.82) is 0 Å². The molecule has 0 amide bonds. The molecular formula is C10H5BrFNOS. The summed E-state index contributed by atoms with van der Waals surface area (Å²) in [6, 6.07) is 4.43. The molecule has 0 aliphatic carbocycles. The van der Waals surface area contributed by atoms with E-state index in [1.54, 1.807) is 11.4 Å². The van der Waals surface area contributed by atoms with Crippen molar-refractivity contribution in [3.8, 4) is 0 Å². The molecule has 15 heavy (non-hydrogen) atoms. The molecule has 0 saturated heterocycles. The largest absolute Gasteiger partial charge is 0.286 e. The first-order valence-corrected chi connectivity index (χ1v) is 5.75. The van der Waals surface area contributed by atoms with Crippen molar-refractivity contribution in [3.05, 3.63) is 50.6 Å². The van der Waals surface area contributed by atoms with Crippen molar-refractivity contribution in [2.45, 2.75) is 0 Å². The highest BCUT2D eigenvalue weighted by atomic mass is 79.9. The first-order chi connectivity index (χ1) is 7.20. The van der Waals surface area contributed by atoms with Gasteiger partial charge in [-0.3, -0.25) is 4.79 Å². The monoisotopic (exact) mass is 285 g/mol. The Labute approximate surface area is 97.9 Å². The summed E-state index contributed by atoms with van der Waals surface area (Å²) in [5.41, 5.74) is -0.138. The molecule has 0 atom stereocenters. The maximum atomic E-state index is 13.3. The van der Waals surface area contributed by atoms with Crippen molar-refractivity contribution in [2.24, 2.45) is 0 Å². The van der Waals surface area contributed by atoms with E-state index in [1.807, 2.05) is 0 Å². The molecule has 76 valence electrons. The number of nitrogens with zero attached hydrogens (tertiary/aromatic N) is 1. The zero-order chi connectivity index (χ0) is 10.8. The first kappa shape index (κ1) is 10.4. The Bertz CT molecular complexity index is 512. The second-order valence-electron chi connectivity index (χ2n) is 2.76. The van der Waals surface area contributed by atoms with E-state index in [1.165, 1.54) is 29.7 Å². The zero-order valence-electron chi connectivity index (χ0n) is 7.41. The van der Waals surface area contributed by atoms with Crippen LogP contribution in [-0.2, 0) is 0 Å². The van der Waals surface area contributed by atoms with Gasteiger partial charge in [-0.1, -0.05) is 0 Å². The van der Waals surface area contributed by atoms with Crippen LogP contribution in [0.5, 0.6) is 0 Å². The number of halogens is 2. The van der Waals surface area contributed by atoms with Crippen LogP contribution in [0.25, 0.3) is 0 Å². The van der Waals surface area contributed by atoms with Gasteiger partial charge in [-0.15, -0.1) is 11.3 Å². The summed E-state index contributed by atoms with van der Waals surface area (Å²) < 4.78 is 13.9. The molecule has 2 aromatic heterocycles. The second kappa shape index (κ2) is 4.20.